The molecule has 1 aromatic rings. The molecule has 0 unspecified atom stereocenters. The van der Waals surface area contributed by atoms with Crippen LogP contribution >= 0.6 is 15.9 Å². The molecule has 1 aliphatic rings. The lowest BCUT2D eigenvalue weighted by Gasteiger charge is -2.21. The molecule has 17 heavy (non-hydrogen) atoms. The molecule has 1 aromatic heterocycles. The van der Waals surface area contributed by atoms with E-state index >= 15 is 0 Å². The highest BCUT2D eigenvalue weighted by atomic mass is 79.9. The van der Waals surface area contributed by atoms with Crippen LogP contribution in [0.25, 0.3) is 0 Å². The van der Waals surface area contributed by atoms with E-state index in [9.17, 15) is 0 Å². The Morgan fingerprint density at radius 3 is 2.82 bits per heavy atom. The van der Waals surface area contributed by atoms with Crippen molar-refractivity contribution in [3.05, 3.63) is 10.8 Å². The SMILES string of the molecule is Nc1ncnc(NCCC2CCCCC2)c1Br. The van der Waals surface area contributed by atoms with Crippen LogP contribution in [0.1, 0.15) is 38.5 Å². The first kappa shape index (κ1) is 12.6. The fraction of sp³-hybridized carbons (Fsp3) is 0.667. The average molecular weight is 299 g/mol. The summed E-state index contributed by atoms with van der Waals surface area (Å²) in [6, 6.07) is 0. The van der Waals surface area contributed by atoms with Crippen LogP contribution in [0.4, 0.5) is 11.6 Å². The summed E-state index contributed by atoms with van der Waals surface area (Å²) in [5.41, 5.74) is 5.70. The van der Waals surface area contributed by atoms with Crippen molar-refractivity contribution in [2.24, 2.45) is 5.92 Å². The van der Waals surface area contributed by atoms with E-state index in [1.54, 1.807) is 0 Å². The summed E-state index contributed by atoms with van der Waals surface area (Å²) in [6.07, 6.45) is 9.68. The lowest BCUT2D eigenvalue weighted by Crippen LogP contribution is -2.13. The summed E-state index contributed by atoms with van der Waals surface area (Å²) in [5.74, 6) is 2.17. The van der Waals surface area contributed by atoms with Crippen LogP contribution in [0.2, 0.25) is 0 Å². The van der Waals surface area contributed by atoms with Crippen molar-refractivity contribution in [1.82, 2.24) is 9.97 Å². The second-order valence-corrected chi connectivity index (χ2v) is 5.43. The topological polar surface area (TPSA) is 63.8 Å². The van der Waals surface area contributed by atoms with E-state index in [0.29, 0.717) is 5.82 Å². The zero-order valence-corrected chi connectivity index (χ0v) is 11.5. The van der Waals surface area contributed by atoms with Gasteiger partial charge in [-0.05, 0) is 28.3 Å². The Bertz CT molecular complexity index is 364. The second-order valence-electron chi connectivity index (χ2n) is 4.64. The second kappa shape index (κ2) is 6.19. The number of nitrogen functional groups attached to an aromatic ring is 1. The van der Waals surface area contributed by atoms with E-state index in [2.05, 4.69) is 31.2 Å². The first-order chi connectivity index (χ1) is 8.27. The summed E-state index contributed by atoms with van der Waals surface area (Å²) in [6.45, 7) is 0.958. The van der Waals surface area contributed by atoms with Gasteiger partial charge in [0.25, 0.3) is 0 Å². The van der Waals surface area contributed by atoms with Crippen LogP contribution in [0.5, 0.6) is 0 Å². The van der Waals surface area contributed by atoms with Crippen molar-refractivity contribution >= 4 is 27.6 Å². The third-order valence-corrected chi connectivity index (χ3v) is 4.17. The maximum Gasteiger partial charge on any atom is 0.145 e. The van der Waals surface area contributed by atoms with Gasteiger partial charge in [0.2, 0.25) is 0 Å². The molecule has 0 radical (unpaired) electrons. The van der Waals surface area contributed by atoms with E-state index < -0.39 is 0 Å². The van der Waals surface area contributed by atoms with E-state index in [-0.39, 0.29) is 0 Å². The minimum Gasteiger partial charge on any atom is -0.383 e. The zero-order chi connectivity index (χ0) is 12.1. The molecule has 1 saturated carbocycles. The van der Waals surface area contributed by atoms with Crippen LogP contribution in [0, 0.1) is 5.92 Å². The quantitative estimate of drug-likeness (QED) is 0.896. The molecular formula is C12H19BrN4. The Morgan fingerprint density at radius 2 is 2.06 bits per heavy atom. The first-order valence-electron chi connectivity index (χ1n) is 6.27. The summed E-state index contributed by atoms with van der Waals surface area (Å²) < 4.78 is 0.767. The molecule has 5 heteroatoms. The number of halogens is 1. The van der Waals surface area contributed by atoms with Gasteiger partial charge < -0.3 is 11.1 Å². The maximum atomic E-state index is 5.70. The predicted octanol–water partition coefficient (Wildman–Crippen LogP) is 3.20. The molecular weight excluding hydrogens is 280 g/mol. The van der Waals surface area contributed by atoms with E-state index in [1.807, 2.05) is 0 Å². The van der Waals surface area contributed by atoms with Gasteiger partial charge in [0.05, 0.1) is 0 Å². The van der Waals surface area contributed by atoms with E-state index in [4.69, 9.17) is 5.73 Å². The van der Waals surface area contributed by atoms with Gasteiger partial charge in [0.15, 0.2) is 0 Å². The summed E-state index contributed by atoms with van der Waals surface area (Å²) in [7, 11) is 0. The first-order valence-corrected chi connectivity index (χ1v) is 7.06. The molecule has 94 valence electrons. The molecule has 0 atom stereocenters. The fourth-order valence-electron chi connectivity index (χ4n) is 2.38. The standard InChI is InChI=1S/C12H19BrN4/c13-10-11(14)16-8-17-12(10)15-7-6-9-4-2-1-3-5-9/h8-9H,1-7H2,(H3,14,15,16,17). The smallest absolute Gasteiger partial charge is 0.145 e. The van der Waals surface area contributed by atoms with Crippen molar-refractivity contribution in [1.29, 1.82) is 0 Å². The van der Waals surface area contributed by atoms with Crippen molar-refractivity contribution in [3.63, 3.8) is 0 Å². The highest BCUT2D eigenvalue weighted by Crippen LogP contribution is 2.27. The van der Waals surface area contributed by atoms with Crippen LogP contribution in [0.3, 0.4) is 0 Å². The Hall–Kier alpha value is -0.840. The van der Waals surface area contributed by atoms with Crippen molar-refractivity contribution in [3.8, 4) is 0 Å². The van der Waals surface area contributed by atoms with Gasteiger partial charge in [-0.15, -0.1) is 0 Å². The molecule has 0 aliphatic heterocycles. The van der Waals surface area contributed by atoms with Gasteiger partial charge in [0, 0.05) is 6.54 Å². The van der Waals surface area contributed by atoms with Crippen molar-refractivity contribution in [2.45, 2.75) is 38.5 Å². The minimum absolute atomic E-state index is 0.486. The Labute approximate surface area is 111 Å². The average Bonchev–Trinajstić information content (AvgIpc) is 2.36. The molecule has 0 bridgehead atoms. The third kappa shape index (κ3) is 3.56. The molecule has 4 nitrogen and oxygen atoms in total. The van der Waals surface area contributed by atoms with Gasteiger partial charge in [-0.3, -0.25) is 0 Å². The number of hydrogen-bond acceptors (Lipinski definition) is 4. The minimum atomic E-state index is 0.486. The van der Waals surface area contributed by atoms with Gasteiger partial charge >= 0.3 is 0 Å². The fourth-order valence-corrected chi connectivity index (χ4v) is 2.72. The third-order valence-electron chi connectivity index (χ3n) is 3.39. The summed E-state index contributed by atoms with van der Waals surface area (Å²) >= 11 is 3.39. The number of hydrogen-bond donors (Lipinski definition) is 2. The highest BCUT2D eigenvalue weighted by molar-refractivity contribution is 9.10. The predicted molar refractivity (Wildman–Crippen MR) is 73.8 cm³/mol. The molecule has 0 amide bonds. The molecule has 0 aromatic carbocycles. The number of rotatable bonds is 4. The van der Waals surface area contributed by atoms with Gasteiger partial charge in [-0.2, -0.15) is 0 Å². The Kier molecular flexibility index (Phi) is 4.59. The zero-order valence-electron chi connectivity index (χ0n) is 9.95. The Morgan fingerprint density at radius 1 is 1.29 bits per heavy atom. The molecule has 0 saturated heterocycles. The molecule has 3 N–H and O–H groups in total. The molecule has 1 heterocycles. The summed E-state index contributed by atoms with van der Waals surface area (Å²) in [4.78, 5) is 8.09. The lowest BCUT2D eigenvalue weighted by molar-refractivity contribution is 0.345. The van der Waals surface area contributed by atoms with Crippen molar-refractivity contribution < 1.29 is 0 Å². The lowest BCUT2D eigenvalue weighted by atomic mass is 9.87. The van der Waals surface area contributed by atoms with Crippen LogP contribution in [-0.2, 0) is 0 Å². The maximum absolute atomic E-state index is 5.70. The number of nitrogens with one attached hydrogen (secondary N) is 1. The number of nitrogens with zero attached hydrogens (tertiary/aromatic N) is 2. The monoisotopic (exact) mass is 298 g/mol. The number of anilines is 2. The Balaban J connectivity index is 1.79. The van der Waals surface area contributed by atoms with Crippen LogP contribution < -0.4 is 11.1 Å². The van der Waals surface area contributed by atoms with Gasteiger partial charge in [0.1, 0.15) is 22.4 Å². The van der Waals surface area contributed by atoms with Crippen LogP contribution in [-0.4, -0.2) is 16.5 Å². The van der Waals surface area contributed by atoms with Gasteiger partial charge in [-0.1, -0.05) is 32.1 Å². The molecule has 1 aliphatic carbocycles. The van der Waals surface area contributed by atoms with E-state index in [0.717, 1.165) is 22.8 Å². The summed E-state index contributed by atoms with van der Waals surface area (Å²) in [5, 5.41) is 3.32. The van der Waals surface area contributed by atoms with Gasteiger partial charge in [-0.25, -0.2) is 9.97 Å². The highest BCUT2D eigenvalue weighted by Gasteiger charge is 2.13. The molecule has 0 spiro atoms. The van der Waals surface area contributed by atoms with Crippen molar-refractivity contribution in [2.75, 3.05) is 17.6 Å². The number of nitrogens with two attached hydrogens (primary N) is 1. The largest absolute Gasteiger partial charge is 0.383 e. The molecule has 2 rings (SSSR count). The van der Waals surface area contributed by atoms with Crippen LogP contribution in [0.15, 0.2) is 10.8 Å². The molecule has 1 fully saturated rings. The normalized spacial score (nSPS) is 17.0. The van der Waals surface area contributed by atoms with E-state index in [1.165, 1.54) is 44.9 Å². The number of aromatic nitrogens is 2.